The molecule has 0 aromatic carbocycles. The van der Waals surface area contributed by atoms with Gasteiger partial charge in [0.1, 0.15) is 0 Å². The molecule has 2 aromatic heterocycles. The summed E-state index contributed by atoms with van der Waals surface area (Å²) in [5.41, 5.74) is 3.48. The Hall–Kier alpha value is -0.800. The van der Waals surface area contributed by atoms with E-state index in [1.807, 2.05) is 0 Å². The zero-order valence-corrected chi connectivity index (χ0v) is 30.6. The number of unbranched alkanes of at least 4 members (excludes halogenated alkanes) is 15. The third-order valence-electron chi connectivity index (χ3n) is 9.76. The summed E-state index contributed by atoms with van der Waals surface area (Å²) in [5, 5.41) is 0. The number of fused-ring (bicyclic) bond motifs is 3. The zero-order chi connectivity index (χ0) is 30.4. The van der Waals surface area contributed by atoms with Crippen LogP contribution in [0.15, 0.2) is 12.1 Å². The molecule has 1 aliphatic rings. The molecule has 3 heterocycles. The summed E-state index contributed by atoms with van der Waals surface area (Å²) in [6.45, 7) is 17.8. The Morgan fingerprint density at radius 1 is 0.548 bits per heavy atom. The van der Waals surface area contributed by atoms with Crippen molar-refractivity contribution in [1.29, 1.82) is 0 Å². The molecule has 240 valence electrons. The third kappa shape index (κ3) is 9.60. The smallest absolute Gasteiger partial charge is 0.0683 e. The van der Waals surface area contributed by atoms with E-state index in [4.69, 9.17) is 0 Å². The lowest BCUT2D eigenvalue weighted by Gasteiger charge is -2.49. The number of thiophene rings is 2. The Morgan fingerprint density at radius 3 is 1.48 bits per heavy atom. The monoisotopic (exact) mass is 613 g/mol. The second-order valence-corrected chi connectivity index (χ2v) is 16.2. The molecule has 0 spiro atoms. The van der Waals surface area contributed by atoms with Crippen LogP contribution in [0.1, 0.15) is 204 Å². The van der Waals surface area contributed by atoms with Crippen LogP contribution in [0.5, 0.6) is 0 Å². The molecule has 0 bridgehead atoms. The van der Waals surface area contributed by atoms with E-state index in [0.717, 1.165) is 0 Å². The predicted octanol–water partition coefficient (Wildman–Crippen LogP) is 14.6. The topological polar surface area (TPSA) is 3.24 Å². The summed E-state index contributed by atoms with van der Waals surface area (Å²) in [6, 6.07) is 5.33. The average molecular weight is 614 g/mol. The molecule has 2 aromatic rings. The first kappa shape index (κ1) is 35.7. The Bertz CT molecular complexity index is 980. The van der Waals surface area contributed by atoms with Crippen LogP contribution in [-0.2, 0) is 5.54 Å². The lowest BCUT2D eigenvalue weighted by Crippen LogP contribution is -2.49. The van der Waals surface area contributed by atoms with Crippen molar-refractivity contribution in [2.45, 2.75) is 194 Å². The second-order valence-electron chi connectivity index (χ2n) is 14.1. The minimum Gasteiger partial charge on any atom is -0.361 e. The van der Waals surface area contributed by atoms with Gasteiger partial charge in [-0.15, -0.1) is 22.7 Å². The fourth-order valence-electron chi connectivity index (χ4n) is 7.08. The highest BCUT2D eigenvalue weighted by Crippen LogP contribution is 2.58. The van der Waals surface area contributed by atoms with Gasteiger partial charge in [0.2, 0.25) is 0 Å². The lowest BCUT2D eigenvalue weighted by molar-refractivity contribution is 0.310. The van der Waals surface area contributed by atoms with Crippen molar-refractivity contribution in [2.75, 3.05) is 11.4 Å². The first-order valence-corrected chi connectivity index (χ1v) is 20.1. The molecule has 42 heavy (non-hydrogen) atoms. The first-order chi connectivity index (χ1) is 20.4. The quantitative estimate of drug-likeness (QED) is 0.113. The average Bonchev–Trinajstić information content (AvgIpc) is 3.62. The van der Waals surface area contributed by atoms with Crippen LogP contribution in [0.2, 0.25) is 0 Å². The van der Waals surface area contributed by atoms with Crippen molar-refractivity contribution in [3.63, 3.8) is 0 Å². The van der Waals surface area contributed by atoms with Gasteiger partial charge in [-0.25, -0.2) is 0 Å². The lowest BCUT2D eigenvalue weighted by atomic mass is 9.75. The van der Waals surface area contributed by atoms with E-state index in [0.29, 0.717) is 11.8 Å². The van der Waals surface area contributed by atoms with Gasteiger partial charge in [-0.2, -0.15) is 0 Å². The highest BCUT2D eigenvalue weighted by atomic mass is 32.1. The number of rotatable bonds is 23. The van der Waals surface area contributed by atoms with Crippen LogP contribution in [0.25, 0.3) is 9.75 Å². The normalized spacial score (nSPS) is 14.3. The molecule has 0 amide bonds. The van der Waals surface area contributed by atoms with Gasteiger partial charge in [-0.3, -0.25) is 0 Å². The molecule has 3 heteroatoms. The van der Waals surface area contributed by atoms with Crippen molar-refractivity contribution < 1.29 is 0 Å². The minimum atomic E-state index is 0.167. The SMILES string of the molecule is CCCCCCCCN1c2cc(C(C)C)sc2-c2sc(C(C)C)cc2C1(CCCCCCCC)CCCCCCCC. The van der Waals surface area contributed by atoms with Crippen LogP contribution in [0.3, 0.4) is 0 Å². The molecular formula is C39H67NS2. The molecule has 0 N–H and O–H groups in total. The summed E-state index contributed by atoms with van der Waals surface area (Å²) < 4.78 is 0. The summed E-state index contributed by atoms with van der Waals surface area (Å²) in [6.07, 6.45) is 27.6. The molecule has 0 radical (unpaired) electrons. The van der Waals surface area contributed by atoms with Crippen LogP contribution < -0.4 is 4.90 Å². The summed E-state index contributed by atoms with van der Waals surface area (Å²) >= 11 is 4.25. The Kier molecular flexibility index (Phi) is 16.0. The highest BCUT2D eigenvalue weighted by molar-refractivity contribution is 7.23. The van der Waals surface area contributed by atoms with E-state index in [-0.39, 0.29) is 5.54 Å². The molecule has 0 unspecified atom stereocenters. The Labute approximate surface area is 270 Å². The van der Waals surface area contributed by atoms with Gasteiger partial charge in [0.15, 0.2) is 0 Å². The first-order valence-electron chi connectivity index (χ1n) is 18.4. The number of anilines is 1. The molecular weight excluding hydrogens is 547 g/mol. The molecule has 0 fully saturated rings. The maximum Gasteiger partial charge on any atom is 0.0683 e. The Balaban J connectivity index is 2.00. The van der Waals surface area contributed by atoms with Crippen molar-refractivity contribution in [3.8, 4) is 9.75 Å². The van der Waals surface area contributed by atoms with Gasteiger partial charge in [-0.1, -0.05) is 158 Å². The molecule has 3 rings (SSSR count). The van der Waals surface area contributed by atoms with Crippen LogP contribution in [0, 0.1) is 0 Å². The highest BCUT2D eigenvalue weighted by Gasteiger charge is 2.45. The van der Waals surface area contributed by atoms with Crippen molar-refractivity contribution in [2.24, 2.45) is 0 Å². The van der Waals surface area contributed by atoms with E-state index in [9.17, 15) is 0 Å². The van der Waals surface area contributed by atoms with Crippen LogP contribution >= 0.6 is 22.7 Å². The van der Waals surface area contributed by atoms with Gasteiger partial charge < -0.3 is 4.90 Å². The van der Waals surface area contributed by atoms with Crippen molar-refractivity contribution >= 4 is 28.4 Å². The van der Waals surface area contributed by atoms with Gasteiger partial charge in [0.25, 0.3) is 0 Å². The molecule has 1 aliphatic heterocycles. The molecule has 0 saturated carbocycles. The molecule has 0 atom stereocenters. The van der Waals surface area contributed by atoms with E-state index < -0.39 is 0 Å². The van der Waals surface area contributed by atoms with Crippen molar-refractivity contribution in [3.05, 3.63) is 27.5 Å². The summed E-state index contributed by atoms with van der Waals surface area (Å²) in [4.78, 5) is 9.43. The van der Waals surface area contributed by atoms with Gasteiger partial charge in [0.05, 0.1) is 21.0 Å². The maximum atomic E-state index is 3.02. The van der Waals surface area contributed by atoms with E-state index >= 15 is 0 Å². The Morgan fingerprint density at radius 2 is 0.976 bits per heavy atom. The molecule has 1 nitrogen and oxygen atoms in total. The standard InChI is InChI=1S/C39H67NS2/c1-8-11-14-17-20-23-26-39(27-24-21-18-15-12-9-2)33-29-35(31(4)5)41-37(33)38-34(30-36(42-38)32(6)7)40(39)28-25-22-19-16-13-10-3/h29-32H,8-28H2,1-7H3. The predicted molar refractivity (Wildman–Crippen MR) is 194 cm³/mol. The van der Waals surface area contributed by atoms with E-state index in [1.165, 1.54) is 135 Å². The van der Waals surface area contributed by atoms with E-state index in [1.54, 1.807) is 30.8 Å². The van der Waals surface area contributed by atoms with Gasteiger partial charge in [0, 0.05) is 16.3 Å². The fraction of sp³-hybridized carbons (Fsp3) is 0.795. The number of nitrogens with zero attached hydrogens (tertiary/aromatic N) is 1. The van der Waals surface area contributed by atoms with Crippen LogP contribution in [0.4, 0.5) is 5.69 Å². The number of hydrogen-bond acceptors (Lipinski definition) is 3. The molecule has 0 aliphatic carbocycles. The third-order valence-corrected chi connectivity index (χ3v) is 12.8. The number of hydrogen-bond donors (Lipinski definition) is 0. The molecule has 0 saturated heterocycles. The van der Waals surface area contributed by atoms with Gasteiger partial charge in [-0.05, 0) is 48.8 Å². The van der Waals surface area contributed by atoms with Crippen molar-refractivity contribution in [1.82, 2.24) is 0 Å². The van der Waals surface area contributed by atoms with E-state index in [2.05, 4.69) is 88.2 Å². The maximum absolute atomic E-state index is 3.02. The minimum absolute atomic E-state index is 0.167. The second kappa shape index (κ2) is 18.9. The van der Waals surface area contributed by atoms with Gasteiger partial charge >= 0.3 is 0 Å². The zero-order valence-electron chi connectivity index (χ0n) is 28.9. The van der Waals surface area contributed by atoms with Crippen LogP contribution in [-0.4, -0.2) is 6.54 Å². The fourth-order valence-corrected chi connectivity index (χ4v) is 9.65. The largest absolute Gasteiger partial charge is 0.361 e. The summed E-state index contributed by atoms with van der Waals surface area (Å²) in [5.74, 6) is 1.19. The summed E-state index contributed by atoms with van der Waals surface area (Å²) in [7, 11) is 0.